The lowest BCUT2D eigenvalue weighted by Gasteiger charge is -2.13. The molecule has 5 heteroatoms. The molecule has 112 valence electrons. The van der Waals surface area contributed by atoms with Crippen molar-refractivity contribution in [2.24, 2.45) is 0 Å². The molecule has 0 radical (unpaired) electrons. The van der Waals surface area contributed by atoms with Crippen LogP contribution in [-0.4, -0.2) is 4.98 Å². The average molecular weight is 366 g/mol. The predicted molar refractivity (Wildman–Crippen MR) is 83.7 cm³/mol. The highest BCUT2D eigenvalue weighted by Crippen LogP contribution is 2.34. The van der Waals surface area contributed by atoms with E-state index in [1.54, 1.807) is 24.3 Å². The molecule has 0 saturated heterocycles. The first-order valence-corrected chi connectivity index (χ1v) is 7.43. The van der Waals surface area contributed by atoms with Crippen molar-refractivity contribution in [2.75, 3.05) is 0 Å². The number of pyridine rings is 1. The maximum atomic E-state index is 13.3. The fourth-order valence-corrected chi connectivity index (χ4v) is 2.77. The number of hydrogen-bond acceptors (Lipinski definition) is 1. The van der Waals surface area contributed by atoms with Crippen molar-refractivity contribution in [2.45, 2.75) is 12.6 Å². The lowest BCUT2D eigenvalue weighted by molar-refractivity contribution is -0.141. The van der Waals surface area contributed by atoms with E-state index in [0.29, 0.717) is 10.9 Å². The molecule has 0 aliphatic heterocycles. The Morgan fingerprint density at radius 1 is 0.955 bits per heavy atom. The summed E-state index contributed by atoms with van der Waals surface area (Å²) < 4.78 is 40.7. The molecule has 0 atom stereocenters. The van der Waals surface area contributed by atoms with Gasteiger partial charge in [0.1, 0.15) is 5.69 Å². The van der Waals surface area contributed by atoms with Crippen LogP contribution in [0, 0.1) is 0 Å². The molecule has 3 rings (SSSR count). The number of halogens is 4. The average Bonchev–Trinajstić information content (AvgIpc) is 2.46. The zero-order valence-electron chi connectivity index (χ0n) is 11.4. The van der Waals surface area contributed by atoms with Crippen LogP contribution in [-0.2, 0) is 12.6 Å². The predicted octanol–water partition coefficient (Wildman–Crippen LogP) is 5.61. The van der Waals surface area contributed by atoms with Gasteiger partial charge in [0.2, 0.25) is 0 Å². The van der Waals surface area contributed by atoms with E-state index in [9.17, 15) is 13.2 Å². The topological polar surface area (TPSA) is 12.9 Å². The Morgan fingerprint density at radius 2 is 1.68 bits per heavy atom. The second-order valence-electron chi connectivity index (χ2n) is 4.99. The van der Waals surface area contributed by atoms with Crippen LogP contribution in [0.15, 0.2) is 59.1 Å². The van der Waals surface area contributed by atoms with E-state index >= 15 is 0 Å². The Morgan fingerprint density at radius 3 is 2.36 bits per heavy atom. The fraction of sp³-hybridized carbons (Fsp3) is 0.118. The summed E-state index contributed by atoms with van der Waals surface area (Å²) in [7, 11) is 0. The molecule has 0 N–H and O–H groups in total. The quantitative estimate of drug-likeness (QED) is 0.575. The molecule has 0 aliphatic carbocycles. The van der Waals surface area contributed by atoms with Crippen LogP contribution in [0.1, 0.15) is 16.8 Å². The Hall–Kier alpha value is -1.88. The number of alkyl halides is 3. The molecule has 0 fully saturated rings. The first-order chi connectivity index (χ1) is 10.4. The summed E-state index contributed by atoms with van der Waals surface area (Å²) in [5.74, 6) is 0. The minimum atomic E-state index is -4.47. The normalized spacial score (nSPS) is 11.8. The number of fused-ring (bicyclic) bond motifs is 1. The van der Waals surface area contributed by atoms with Gasteiger partial charge in [0.05, 0.1) is 5.52 Å². The third-order valence-electron chi connectivity index (χ3n) is 3.36. The summed E-state index contributed by atoms with van der Waals surface area (Å²) in [4.78, 5) is 3.84. The Labute approximate surface area is 133 Å². The molecule has 1 nitrogen and oxygen atoms in total. The molecule has 1 aromatic heterocycles. The zero-order valence-corrected chi connectivity index (χ0v) is 12.9. The standard InChI is InChI=1S/C17H11BrF3N/c18-14-6-7-15-12(10-14)9-13(16(22-15)17(19,20)21)8-11-4-2-1-3-5-11/h1-7,9-10H,8H2. The summed E-state index contributed by atoms with van der Waals surface area (Å²) in [6.07, 6.45) is -4.27. The highest BCUT2D eigenvalue weighted by atomic mass is 79.9. The number of benzene rings is 2. The summed E-state index contributed by atoms with van der Waals surface area (Å²) in [6, 6.07) is 15.7. The van der Waals surface area contributed by atoms with Crippen molar-refractivity contribution < 1.29 is 13.2 Å². The molecule has 0 spiro atoms. The SMILES string of the molecule is FC(F)(F)c1nc2ccc(Br)cc2cc1Cc1ccccc1. The van der Waals surface area contributed by atoms with Gasteiger partial charge in [-0.3, -0.25) is 0 Å². The van der Waals surface area contributed by atoms with Crippen LogP contribution in [0.25, 0.3) is 10.9 Å². The minimum Gasteiger partial charge on any atom is -0.243 e. The van der Waals surface area contributed by atoms with E-state index in [1.807, 2.05) is 30.3 Å². The van der Waals surface area contributed by atoms with Crippen molar-refractivity contribution in [1.29, 1.82) is 0 Å². The number of nitrogens with zero attached hydrogens (tertiary/aromatic N) is 1. The Bertz CT molecular complexity index is 813. The molecular formula is C17H11BrF3N. The van der Waals surface area contributed by atoms with Crippen LogP contribution >= 0.6 is 15.9 Å². The number of hydrogen-bond donors (Lipinski definition) is 0. The smallest absolute Gasteiger partial charge is 0.243 e. The largest absolute Gasteiger partial charge is 0.433 e. The van der Waals surface area contributed by atoms with Crippen LogP contribution in [0.2, 0.25) is 0 Å². The van der Waals surface area contributed by atoms with E-state index in [-0.39, 0.29) is 12.0 Å². The van der Waals surface area contributed by atoms with Crippen molar-refractivity contribution in [1.82, 2.24) is 4.98 Å². The maximum absolute atomic E-state index is 13.3. The molecule has 0 aliphatic rings. The van der Waals surface area contributed by atoms with Crippen LogP contribution in [0.3, 0.4) is 0 Å². The van der Waals surface area contributed by atoms with Crippen molar-refractivity contribution in [3.63, 3.8) is 0 Å². The number of rotatable bonds is 2. The minimum absolute atomic E-state index is 0.185. The number of aromatic nitrogens is 1. The highest BCUT2D eigenvalue weighted by molar-refractivity contribution is 9.10. The second kappa shape index (κ2) is 5.72. The molecular weight excluding hydrogens is 355 g/mol. The van der Waals surface area contributed by atoms with Crippen molar-refractivity contribution >= 4 is 26.8 Å². The Balaban J connectivity index is 2.16. The fourth-order valence-electron chi connectivity index (χ4n) is 2.39. The van der Waals surface area contributed by atoms with Crippen LogP contribution in [0.5, 0.6) is 0 Å². The van der Waals surface area contributed by atoms with Gasteiger partial charge in [-0.2, -0.15) is 13.2 Å². The van der Waals surface area contributed by atoms with E-state index in [4.69, 9.17) is 0 Å². The zero-order chi connectivity index (χ0) is 15.7. The van der Waals surface area contributed by atoms with E-state index in [0.717, 1.165) is 10.0 Å². The molecule has 22 heavy (non-hydrogen) atoms. The molecule has 0 bridgehead atoms. The molecule has 0 saturated carbocycles. The third kappa shape index (κ3) is 3.14. The van der Waals surface area contributed by atoms with Gasteiger partial charge in [0.25, 0.3) is 0 Å². The second-order valence-corrected chi connectivity index (χ2v) is 5.91. The van der Waals surface area contributed by atoms with Crippen molar-refractivity contribution in [3.8, 4) is 0 Å². The van der Waals surface area contributed by atoms with Gasteiger partial charge in [-0.05, 0) is 41.8 Å². The van der Waals surface area contributed by atoms with Gasteiger partial charge in [0, 0.05) is 9.86 Å². The van der Waals surface area contributed by atoms with Crippen molar-refractivity contribution in [3.05, 3.63) is 75.9 Å². The van der Waals surface area contributed by atoms with Gasteiger partial charge in [-0.25, -0.2) is 4.98 Å². The van der Waals surface area contributed by atoms with Gasteiger partial charge < -0.3 is 0 Å². The van der Waals surface area contributed by atoms with Gasteiger partial charge in [-0.1, -0.05) is 46.3 Å². The van der Waals surface area contributed by atoms with Gasteiger partial charge >= 0.3 is 6.18 Å². The molecule has 2 aromatic carbocycles. The molecule has 0 amide bonds. The first kappa shape index (κ1) is 15.0. The summed E-state index contributed by atoms with van der Waals surface area (Å²) in [5.41, 5.74) is 0.534. The van der Waals surface area contributed by atoms with E-state index in [2.05, 4.69) is 20.9 Å². The summed E-state index contributed by atoms with van der Waals surface area (Å²) in [5, 5.41) is 0.688. The monoisotopic (exact) mass is 365 g/mol. The molecule has 0 unspecified atom stereocenters. The summed E-state index contributed by atoms with van der Waals surface area (Å²) >= 11 is 3.33. The lowest BCUT2D eigenvalue weighted by atomic mass is 10.0. The van der Waals surface area contributed by atoms with E-state index < -0.39 is 11.9 Å². The van der Waals surface area contributed by atoms with Crippen LogP contribution in [0.4, 0.5) is 13.2 Å². The molecule has 3 aromatic rings. The van der Waals surface area contributed by atoms with E-state index in [1.165, 1.54) is 0 Å². The third-order valence-corrected chi connectivity index (χ3v) is 3.85. The van der Waals surface area contributed by atoms with Gasteiger partial charge in [-0.15, -0.1) is 0 Å². The lowest BCUT2D eigenvalue weighted by Crippen LogP contribution is -2.12. The maximum Gasteiger partial charge on any atom is 0.433 e. The molecule has 1 heterocycles. The van der Waals surface area contributed by atoms with Gasteiger partial charge in [0.15, 0.2) is 0 Å². The summed E-state index contributed by atoms with van der Waals surface area (Å²) in [6.45, 7) is 0. The first-order valence-electron chi connectivity index (χ1n) is 6.64. The Kier molecular flexibility index (Phi) is 3.91. The highest BCUT2D eigenvalue weighted by Gasteiger charge is 2.35. The van der Waals surface area contributed by atoms with Crippen LogP contribution < -0.4 is 0 Å².